The van der Waals surface area contributed by atoms with Crippen molar-refractivity contribution >= 4 is 40.4 Å². The van der Waals surface area contributed by atoms with Crippen LogP contribution in [-0.2, 0) is 25.5 Å². The molecule has 2 amide bonds. The summed E-state index contributed by atoms with van der Waals surface area (Å²) < 4.78 is 4.87. The van der Waals surface area contributed by atoms with Crippen LogP contribution in [0.2, 0.25) is 0 Å². The molecule has 7 heteroatoms. The van der Waals surface area contributed by atoms with Crippen molar-refractivity contribution in [2.45, 2.75) is 50.0 Å². The van der Waals surface area contributed by atoms with Gasteiger partial charge >= 0.3 is 5.97 Å². The SMILES string of the molecule is CCOC(=O)/C=C/[C@H](C[C@@H]1CCNC1=O)[C@H](Cc1ccccc1)NC(=O)[C@@H](I)C(C)C. The fourth-order valence-corrected chi connectivity index (χ4v) is 3.89. The summed E-state index contributed by atoms with van der Waals surface area (Å²) >= 11 is 2.17. The van der Waals surface area contributed by atoms with Gasteiger partial charge in [0, 0.05) is 24.6 Å². The van der Waals surface area contributed by atoms with E-state index in [-0.39, 0.29) is 39.5 Å². The summed E-state index contributed by atoms with van der Waals surface area (Å²) in [7, 11) is 0. The molecular weight excluding hydrogens is 507 g/mol. The number of benzene rings is 1. The molecular formula is C24H33IN2O4. The zero-order chi connectivity index (χ0) is 22.8. The van der Waals surface area contributed by atoms with Crippen LogP contribution in [0.15, 0.2) is 42.5 Å². The number of carbonyl (C=O) groups excluding carboxylic acids is 3. The van der Waals surface area contributed by atoms with E-state index in [1.54, 1.807) is 13.0 Å². The van der Waals surface area contributed by atoms with E-state index in [0.29, 0.717) is 26.0 Å². The quantitative estimate of drug-likeness (QED) is 0.195. The maximum atomic E-state index is 12.9. The highest BCUT2D eigenvalue weighted by atomic mass is 127. The normalized spacial score (nSPS) is 19.1. The second-order valence-corrected chi connectivity index (χ2v) is 9.58. The molecule has 0 bridgehead atoms. The molecule has 0 aromatic heterocycles. The Balaban J connectivity index is 2.30. The lowest BCUT2D eigenvalue weighted by Crippen LogP contribution is -2.46. The van der Waals surface area contributed by atoms with Crippen LogP contribution >= 0.6 is 22.6 Å². The van der Waals surface area contributed by atoms with E-state index < -0.39 is 5.97 Å². The van der Waals surface area contributed by atoms with Crippen molar-refractivity contribution in [2.75, 3.05) is 13.2 Å². The minimum atomic E-state index is -0.415. The lowest BCUT2D eigenvalue weighted by atomic mass is 9.84. The van der Waals surface area contributed by atoms with Crippen molar-refractivity contribution in [2.24, 2.45) is 17.8 Å². The predicted molar refractivity (Wildman–Crippen MR) is 130 cm³/mol. The van der Waals surface area contributed by atoms with Gasteiger partial charge in [0.25, 0.3) is 0 Å². The average Bonchev–Trinajstić information content (AvgIpc) is 3.15. The van der Waals surface area contributed by atoms with E-state index in [4.69, 9.17) is 4.74 Å². The first kappa shape index (κ1) is 25.4. The number of alkyl halides is 1. The van der Waals surface area contributed by atoms with E-state index in [0.717, 1.165) is 12.0 Å². The number of carbonyl (C=O) groups is 3. The molecule has 0 radical (unpaired) electrons. The monoisotopic (exact) mass is 540 g/mol. The third kappa shape index (κ3) is 8.27. The van der Waals surface area contributed by atoms with Gasteiger partial charge in [-0.2, -0.15) is 0 Å². The molecule has 1 heterocycles. The van der Waals surface area contributed by atoms with Gasteiger partial charge in [-0.15, -0.1) is 0 Å². The van der Waals surface area contributed by atoms with Gasteiger partial charge in [-0.3, -0.25) is 9.59 Å². The van der Waals surface area contributed by atoms with E-state index in [1.165, 1.54) is 6.08 Å². The summed E-state index contributed by atoms with van der Waals surface area (Å²) in [6, 6.07) is 9.70. The van der Waals surface area contributed by atoms with Crippen LogP contribution in [0.3, 0.4) is 0 Å². The zero-order valence-electron chi connectivity index (χ0n) is 18.5. The van der Waals surface area contributed by atoms with Gasteiger partial charge in [0.1, 0.15) is 0 Å². The average molecular weight is 540 g/mol. The Morgan fingerprint density at radius 2 is 2.00 bits per heavy atom. The minimum Gasteiger partial charge on any atom is -0.463 e. The third-order valence-corrected chi connectivity index (χ3v) is 7.47. The first-order chi connectivity index (χ1) is 14.8. The van der Waals surface area contributed by atoms with E-state index in [1.807, 2.05) is 44.2 Å². The number of rotatable bonds is 11. The molecule has 170 valence electrons. The van der Waals surface area contributed by atoms with Crippen molar-refractivity contribution in [3.8, 4) is 0 Å². The number of hydrogen-bond acceptors (Lipinski definition) is 4. The lowest BCUT2D eigenvalue weighted by Gasteiger charge is -2.29. The van der Waals surface area contributed by atoms with E-state index in [2.05, 4.69) is 33.2 Å². The highest BCUT2D eigenvalue weighted by Gasteiger charge is 2.32. The van der Waals surface area contributed by atoms with Crippen molar-refractivity contribution in [1.29, 1.82) is 0 Å². The Morgan fingerprint density at radius 1 is 1.29 bits per heavy atom. The molecule has 1 fully saturated rings. The number of amides is 2. The highest BCUT2D eigenvalue weighted by Crippen LogP contribution is 2.26. The summed E-state index contributed by atoms with van der Waals surface area (Å²) in [5, 5.41) is 6.09. The van der Waals surface area contributed by atoms with Crippen LogP contribution < -0.4 is 10.6 Å². The summed E-state index contributed by atoms with van der Waals surface area (Å²) in [4.78, 5) is 37.1. The molecule has 2 rings (SSSR count). The number of hydrogen-bond donors (Lipinski definition) is 2. The summed E-state index contributed by atoms with van der Waals surface area (Å²) in [6.45, 7) is 6.76. The first-order valence-electron chi connectivity index (χ1n) is 10.9. The second kappa shape index (κ2) is 12.8. The standard InChI is InChI=1S/C24H33IN2O4/c1-4-31-21(28)11-10-18(15-19-12-13-26-23(19)29)20(14-17-8-6-5-7-9-17)27-24(30)22(25)16(2)3/h5-11,16,18-20,22H,4,12-15H2,1-3H3,(H,26,29)(H,27,30)/b11-10+/t18-,19+,20+,22+/m1/s1. The maximum Gasteiger partial charge on any atom is 0.330 e. The molecule has 0 unspecified atom stereocenters. The maximum absolute atomic E-state index is 12.9. The van der Waals surface area contributed by atoms with Crippen molar-refractivity contribution in [3.05, 3.63) is 48.0 Å². The topological polar surface area (TPSA) is 84.5 Å². The number of nitrogens with one attached hydrogen (secondary N) is 2. The number of halogens is 1. The molecule has 1 saturated heterocycles. The Bertz CT molecular complexity index is 766. The van der Waals surface area contributed by atoms with Crippen LogP contribution in [0.1, 0.15) is 39.2 Å². The molecule has 4 atom stereocenters. The number of esters is 1. The molecule has 31 heavy (non-hydrogen) atoms. The second-order valence-electron chi connectivity index (χ2n) is 8.24. The lowest BCUT2D eigenvalue weighted by molar-refractivity contribution is -0.137. The largest absolute Gasteiger partial charge is 0.463 e. The summed E-state index contributed by atoms with van der Waals surface area (Å²) in [5.74, 6) is -0.518. The van der Waals surface area contributed by atoms with Crippen LogP contribution in [0.5, 0.6) is 0 Å². The van der Waals surface area contributed by atoms with E-state index in [9.17, 15) is 14.4 Å². The van der Waals surface area contributed by atoms with Gasteiger partial charge in [0.15, 0.2) is 0 Å². The first-order valence-corrected chi connectivity index (χ1v) is 12.2. The molecule has 2 N–H and O–H groups in total. The van der Waals surface area contributed by atoms with Gasteiger partial charge in [0.2, 0.25) is 11.8 Å². The fraction of sp³-hybridized carbons (Fsp3) is 0.542. The Hall–Kier alpha value is -1.90. The van der Waals surface area contributed by atoms with Gasteiger partial charge in [-0.1, -0.05) is 72.8 Å². The third-order valence-electron chi connectivity index (χ3n) is 5.46. The molecule has 0 saturated carbocycles. The number of ether oxygens (including phenoxy) is 1. The smallest absolute Gasteiger partial charge is 0.330 e. The summed E-state index contributed by atoms with van der Waals surface area (Å²) in [5.41, 5.74) is 1.09. The van der Waals surface area contributed by atoms with Crippen LogP contribution in [0, 0.1) is 17.8 Å². The Labute approximate surface area is 198 Å². The minimum absolute atomic E-state index is 0.0260. The molecule has 1 aromatic carbocycles. The van der Waals surface area contributed by atoms with Crippen LogP contribution in [-0.4, -0.2) is 40.9 Å². The van der Waals surface area contributed by atoms with Crippen molar-refractivity contribution in [1.82, 2.24) is 10.6 Å². The van der Waals surface area contributed by atoms with Gasteiger partial charge in [0.05, 0.1) is 10.5 Å². The molecule has 1 aromatic rings. The highest BCUT2D eigenvalue weighted by molar-refractivity contribution is 14.1. The van der Waals surface area contributed by atoms with Gasteiger partial charge in [-0.25, -0.2) is 4.79 Å². The fourth-order valence-electron chi connectivity index (χ4n) is 3.71. The van der Waals surface area contributed by atoms with Crippen LogP contribution in [0.25, 0.3) is 0 Å². The molecule has 0 aliphatic carbocycles. The van der Waals surface area contributed by atoms with E-state index >= 15 is 0 Å². The zero-order valence-corrected chi connectivity index (χ0v) is 20.6. The van der Waals surface area contributed by atoms with Crippen molar-refractivity contribution < 1.29 is 19.1 Å². The Morgan fingerprint density at radius 3 is 2.58 bits per heavy atom. The Kier molecular flexibility index (Phi) is 10.5. The molecule has 0 spiro atoms. The van der Waals surface area contributed by atoms with Gasteiger partial charge < -0.3 is 15.4 Å². The van der Waals surface area contributed by atoms with Crippen LogP contribution in [0.4, 0.5) is 0 Å². The molecule has 1 aliphatic rings. The molecule has 1 aliphatic heterocycles. The van der Waals surface area contributed by atoms with Crippen molar-refractivity contribution in [3.63, 3.8) is 0 Å². The van der Waals surface area contributed by atoms with Gasteiger partial charge in [-0.05, 0) is 43.6 Å². The predicted octanol–water partition coefficient (Wildman–Crippen LogP) is 3.44. The summed E-state index contributed by atoms with van der Waals surface area (Å²) in [6.07, 6.45) is 5.16. The molecule has 6 nitrogen and oxygen atoms in total.